The van der Waals surface area contributed by atoms with Crippen LogP contribution in [0.2, 0.25) is 0 Å². The smallest absolute Gasteiger partial charge is 0.335 e. The molecule has 3 aliphatic rings. The number of esters is 1. The zero-order valence-corrected chi connectivity index (χ0v) is 44.2. The highest BCUT2D eigenvalue weighted by atomic mass is 16.5. The van der Waals surface area contributed by atoms with Crippen LogP contribution >= 0.6 is 0 Å². The lowest BCUT2D eigenvalue weighted by Crippen LogP contribution is -2.64. The summed E-state index contributed by atoms with van der Waals surface area (Å²) in [5, 5.41) is 86.4. The van der Waals surface area contributed by atoms with Crippen LogP contribution in [0.25, 0.3) is 0 Å². The number of guanidine groups is 1. The number of cyclic esters (lactones) is 1. The van der Waals surface area contributed by atoms with Gasteiger partial charge in [0.25, 0.3) is 0 Å². The molecule has 0 aliphatic carbocycles. The molecule has 3 aliphatic heterocycles. The molecule has 0 radical (unpaired) electrons. The molecule has 0 aromatic rings. The van der Waals surface area contributed by atoms with Gasteiger partial charge >= 0.3 is 17.9 Å². The number of aliphatic imine (C=N–C) groups is 1. The third-order valence-corrected chi connectivity index (χ3v) is 13.5. The Labute approximate surface area is 450 Å². The lowest BCUT2D eigenvalue weighted by molar-refractivity contribution is -0.165. The molecule has 8 amide bonds. The van der Waals surface area contributed by atoms with Crippen molar-refractivity contribution in [3.05, 3.63) is 0 Å². The second-order valence-electron chi connectivity index (χ2n) is 19.7. The lowest BCUT2D eigenvalue weighted by Gasteiger charge is -2.32. The SMILES string of the molecule is CCCCCCCCCCC[C@@H]1CC(=O)N[C@H]([C@H](C)O)C(=O)N[C@H](C)C(=O)N2CCC[C@@H]2C(=O)N[C@@H](CCCN=C(N)N)C(=O)N[C@H]([C@@H](O)C(=O)O)C(=O)N[C@@H](CO)C(=O)N2CC[C@H](O)[C@@H]2C(=O)N[C@@H]([C@@H](O)C(=O)O)C(=O)O1. The predicted molar refractivity (Wildman–Crippen MR) is 270 cm³/mol. The third-order valence-electron chi connectivity index (χ3n) is 13.5. The number of hydrogen-bond donors (Lipinski definition) is 15. The molecule has 0 saturated carbocycles. The monoisotopic (exact) mass is 1110 g/mol. The van der Waals surface area contributed by atoms with Crippen molar-refractivity contribution >= 4 is 71.1 Å². The highest BCUT2D eigenvalue weighted by Crippen LogP contribution is 2.23. The van der Waals surface area contributed by atoms with Crippen molar-refractivity contribution < 1.29 is 93.2 Å². The van der Waals surface area contributed by atoms with E-state index >= 15 is 0 Å². The number of carboxylic acid groups (broad SMARTS) is 2. The third kappa shape index (κ3) is 19.6. The molecule has 3 saturated heterocycles. The van der Waals surface area contributed by atoms with Crippen LogP contribution in [0.4, 0.5) is 0 Å². The molecule has 0 bridgehead atoms. The summed E-state index contributed by atoms with van der Waals surface area (Å²) >= 11 is 0. The topological polar surface area (TPSA) is 482 Å². The Kier molecular flexibility index (Phi) is 27.1. The van der Waals surface area contributed by atoms with Crippen LogP contribution < -0.4 is 43.4 Å². The van der Waals surface area contributed by atoms with E-state index in [4.69, 9.17) is 16.2 Å². The van der Waals surface area contributed by atoms with E-state index in [-0.39, 0.29) is 57.6 Å². The van der Waals surface area contributed by atoms with Gasteiger partial charge in [-0.15, -0.1) is 0 Å². The number of nitrogens with zero attached hydrogens (tertiary/aromatic N) is 3. The van der Waals surface area contributed by atoms with Crippen molar-refractivity contribution in [1.29, 1.82) is 0 Å². The summed E-state index contributed by atoms with van der Waals surface area (Å²) in [4.78, 5) is 155. The quantitative estimate of drug-likeness (QED) is 0.0234. The maximum absolute atomic E-state index is 14.0. The second kappa shape index (κ2) is 32.2. The number of carbonyl (C=O) groups excluding carboxylic acids is 9. The fourth-order valence-corrected chi connectivity index (χ4v) is 9.24. The first kappa shape index (κ1) is 65.5. The number of nitrogens with one attached hydrogen (secondary N) is 6. The van der Waals surface area contributed by atoms with Gasteiger partial charge in [0.2, 0.25) is 47.3 Å². The number of ether oxygens (including phenoxy) is 1. The van der Waals surface area contributed by atoms with Crippen LogP contribution in [0.5, 0.6) is 0 Å². The van der Waals surface area contributed by atoms with Crippen LogP contribution in [-0.4, -0.2) is 222 Å². The normalized spacial score (nSPS) is 27.9. The highest BCUT2D eigenvalue weighted by molar-refractivity contribution is 6.00. The summed E-state index contributed by atoms with van der Waals surface area (Å²) in [6.07, 6.45) is -3.77. The second-order valence-corrected chi connectivity index (χ2v) is 19.7. The molecule has 0 aromatic carbocycles. The molecule has 0 unspecified atom stereocenters. The maximum Gasteiger partial charge on any atom is 0.335 e. The number of hydrogen-bond acceptors (Lipinski definition) is 18. The van der Waals surface area contributed by atoms with Gasteiger partial charge in [-0.05, 0) is 58.8 Å². The first-order valence-electron chi connectivity index (χ1n) is 26.3. The number of aliphatic hydroxyl groups excluding tert-OH is 5. The van der Waals surface area contributed by atoms with Gasteiger partial charge in [-0.1, -0.05) is 58.3 Å². The molecule has 0 spiro atoms. The van der Waals surface area contributed by atoms with Gasteiger partial charge < -0.3 is 93.7 Å². The molecule has 78 heavy (non-hydrogen) atoms. The van der Waals surface area contributed by atoms with Crippen molar-refractivity contribution in [2.24, 2.45) is 16.5 Å². The number of amides is 8. The summed E-state index contributed by atoms with van der Waals surface area (Å²) < 4.78 is 5.59. The van der Waals surface area contributed by atoms with E-state index in [9.17, 15) is 88.5 Å². The Morgan fingerprint density at radius 1 is 0.667 bits per heavy atom. The average Bonchev–Trinajstić information content (AvgIpc) is 4.04. The molecule has 3 fully saturated rings. The van der Waals surface area contributed by atoms with Crippen LogP contribution in [0, 0.1) is 0 Å². The largest absolute Gasteiger partial charge is 0.479 e. The zero-order valence-electron chi connectivity index (χ0n) is 44.2. The fourth-order valence-electron chi connectivity index (χ4n) is 9.24. The highest BCUT2D eigenvalue weighted by Gasteiger charge is 2.47. The van der Waals surface area contributed by atoms with E-state index in [1.165, 1.54) is 6.92 Å². The van der Waals surface area contributed by atoms with E-state index in [0.29, 0.717) is 17.7 Å². The van der Waals surface area contributed by atoms with Crippen molar-refractivity contribution in [1.82, 2.24) is 41.7 Å². The Balaban J connectivity index is 2.12. The van der Waals surface area contributed by atoms with Gasteiger partial charge in [-0.3, -0.25) is 43.3 Å². The zero-order chi connectivity index (χ0) is 58.4. The minimum atomic E-state index is -2.77. The van der Waals surface area contributed by atoms with Crippen molar-refractivity contribution in [2.75, 3.05) is 26.2 Å². The van der Waals surface area contributed by atoms with Gasteiger partial charge in [0.15, 0.2) is 24.2 Å². The Morgan fingerprint density at radius 3 is 1.83 bits per heavy atom. The maximum atomic E-state index is 14.0. The van der Waals surface area contributed by atoms with E-state index in [1.807, 2.05) is 16.0 Å². The molecule has 17 N–H and O–H groups in total. The number of unbranched alkanes of at least 4 members (excludes halogenated alkanes) is 8. The van der Waals surface area contributed by atoms with Crippen LogP contribution in [0.1, 0.15) is 124 Å². The number of aliphatic hydroxyl groups is 5. The summed E-state index contributed by atoms with van der Waals surface area (Å²) in [5.41, 5.74) is 10.8. The fraction of sp³-hybridized carbons (Fsp3) is 0.750. The minimum absolute atomic E-state index is 0.0307. The molecular weight excluding hydrogens is 1030 g/mol. The Morgan fingerprint density at radius 2 is 1.24 bits per heavy atom. The van der Waals surface area contributed by atoms with E-state index < -0.39 is 164 Å². The predicted octanol–water partition coefficient (Wildman–Crippen LogP) is -5.58. The number of rotatable bonds is 20. The van der Waals surface area contributed by atoms with E-state index in [0.717, 1.165) is 56.8 Å². The molecule has 13 atom stereocenters. The number of carboxylic acids is 2. The van der Waals surface area contributed by atoms with Crippen LogP contribution in [-0.2, 0) is 57.5 Å². The summed E-state index contributed by atoms with van der Waals surface area (Å²) in [6, 6.07) is -15.3. The van der Waals surface area contributed by atoms with Gasteiger partial charge in [0.05, 0.1) is 25.2 Å². The Bertz CT molecular complexity index is 2150. The minimum Gasteiger partial charge on any atom is -0.479 e. The standard InChI is InChI=1S/C48H79N11O19/c1-4-5-6-7-8-9-10-11-12-15-26-22-31(63)55-32(25(3)61)40(68)52-24(2)43(71)58-20-14-17-29(58)39(67)53-27(16-13-19-51-48(49)50)38(66)56-33(36(64)45(73)74)41(69)54-28(23-60)44(72)59-21-18-30(62)35(59)42(70)57-34(47(77)78-26)37(65)46(75)76/h24-30,32-37,60-62,64-65H,4-23H2,1-3H3,(H,52,68)(H,53,67)(H,54,69)(H,55,63)(H,56,66)(H,57,70)(H,73,74)(H,75,76)(H4,49,50,51)/t24-,25+,26-,27+,28+,29-,30+,32-,33-,34+,35-,36-,37-/m1/s1. The molecule has 3 heterocycles. The van der Waals surface area contributed by atoms with Gasteiger partial charge in [-0.2, -0.15) is 0 Å². The molecule has 440 valence electrons. The van der Waals surface area contributed by atoms with E-state index in [2.05, 4.69) is 27.9 Å². The van der Waals surface area contributed by atoms with Crippen molar-refractivity contribution in [2.45, 2.75) is 202 Å². The number of nitrogens with two attached hydrogens (primary N) is 2. The molecule has 3 rings (SSSR count). The molecule has 30 heteroatoms. The number of carbonyl (C=O) groups is 11. The van der Waals surface area contributed by atoms with E-state index in [1.54, 1.807) is 0 Å². The molecular formula is C48H79N11O19. The van der Waals surface area contributed by atoms with Crippen molar-refractivity contribution in [3.63, 3.8) is 0 Å². The summed E-state index contributed by atoms with van der Waals surface area (Å²) in [5.74, 6) is -15.6. The van der Waals surface area contributed by atoms with Crippen LogP contribution in [0.3, 0.4) is 0 Å². The molecule has 30 nitrogen and oxygen atoms in total. The van der Waals surface area contributed by atoms with Gasteiger partial charge in [0.1, 0.15) is 48.4 Å². The molecule has 0 aromatic heterocycles. The number of fused-ring (bicyclic) bond motifs is 2. The van der Waals surface area contributed by atoms with Gasteiger partial charge in [0, 0.05) is 19.6 Å². The summed E-state index contributed by atoms with van der Waals surface area (Å²) in [7, 11) is 0. The average molecular weight is 1110 g/mol. The first-order chi connectivity index (χ1) is 36.8. The van der Waals surface area contributed by atoms with Gasteiger partial charge in [-0.25, -0.2) is 14.4 Å². The lowest BCUT2D eigenvalue weighted by atomic mass is 10.0. The number of aliphatic carboxylic acids is 2. The Hall–Kier alpha value is -6.76. The van der Waals surface area contributed by atoms with Crippen LogP contribution in [0.15, 0.2) is 4.99 Å². The summed E-state index contributed by atoms with van der Waals surface area (Å²) in [6.45, 7) is 2.57. The first-order valence-corrected chi connectivity index (χ1v) is 26.3. The van der Waals surface area contributed by atoms with Crippen molar-refractivity contribution in [3.8, 4) is 0 Å².